The van der Waals surface area contributed by atoms with Crippen LogP contribution in [0.4, 0.5) is 0 Å². The normalized spacial score (nSPS) is 11.1. The van der Waals surface area contributed by atoms with Crippen LogP contribution in [0, 0.1) is 0 Å². The van der Waals surface area contributed by atoms with Gasteiger partial charge in [0.05, 0.1) is 0 Å². The van der Waals surface area contributed by atoms with E-state index in [-0.39, 0.29) is 18.7 Å². The molecule has 0 aliphatic heterocycles. The van der Waals surface area contributed by atoms with Crippen LogP contribution in [-0.4, -0.2) is 80.9 Å². The zero-order valence-corrected chi connectivity index (χ0v) is 13.2. The number of carboxylic acid groups (broad SMARTS) is 1. The molecule has 0 unspecified atom stereocenters. The summed E-state index contributed by atoms with van der Waals surface area (Å²) >= 11 is 0. The van der Waals surface area contributed by atoms with E-state index in [1.54, 1.807) is 4.90 Å². The molecule has 0 heterocycles. The van der Waals surface area contributed by atoms with E-state index < -0.39 is 5.97 Å². The largest absolute Gasteiger partial charge is 0.550 e. The highest BCUT2D eigenvalue weighted by Crippen LogP contribution is 2.02. The minimum Gasteiger partial charge on any atom is -0.550 e. The van der Waals surface area contributed by atoms with Crippen molar-refractivity contribution in [1.82, 2.24) is 14.7 Å². The van der Waals surface area contributed by atoms with E-state index in [1.165, 1.54) is 0 Å². The van der Waals surface area contributed by atoms with Crippen molar-refractivity contribution in [3.8, 4) is 0 Å². The van der Waals surface area contributed by atoms with Gasteiger partial charge in [0.2, 0.25) is 5.91 Å². The van der Waals surface area contributed by atoms with Gasteiger partial charge in [0.15, 0.2) is 0 Å². The van der Waals surface area contributed by atoms with E-state index >= 15 is 0 Å². The molecule has 0 aliphatic carbocycles. The Morgan fingerprint density at radius 3 is 1.60 bits per heavy atom. The van der Waals surface area contributed by atoms with Crippen molar-refractivity contribution in [3.63, 3.8) is 0 Å². The van der Waals surface area contributed by atoms with Crippen LogP contribution in [0.15, 0.2) is 0 Å². The van der Waals surface area contributed by atoms with Crippen LogP contribution in [0.1, 0.15) is 25.7 Å². The molecule has 0 rings (SSSR count). The van der Waals surface area contributed by atoms with Crippen molar-refractivity contribution in [1.29, 1.82) is 0 Å². The number of hydrogen-bond acceptors (Lipinski definition) is 5. The highest BCUT2D eigenvalue weighted by atomic mass is 16.4. The molecule has 0 spiro atoms. The van der Waals surface area contributed by atoms with Gasteiger partial charge in [-0.3, -0.25) is 4.79 Å². The molecule has 20 heavy (non-hydrogen) atoms. The lowest BCUT2D eigenvalue weighted by Gasteiger charge is -2.24. The Morgan fingerprint density at radius 1 is 0.800 bits per heavy atom. The molecule has 0 radical (unpaired) electrons. The fourth-order valence-electron chi connectivity index (χ4n) is 1.88. The maximum Gasteiger partial charge on any atom is 0.222 e. The Morgan fingerprint density at radius 2 is 1.25 bits per heavy atom. The second-order valence-corrected chi connectivity index (χ2v) is 5.57. The highest BCUT2D eigenvalue weighted by molar-refractivity contribution is 5.80. The van der Waals surface area contributed by atoms with Gasteiger partial charge in [-0.15, -0.1) is 0 Å². The molecule has 0 aromatic heterocycles. The number of nitrogens with zero attached hydrogens (tertiary/aromatic N) is 3. The molecular formula is C14H28N3O3-. The average Bonchev–Trinajstić information content (AvgIpc) is 2.33. The summed E-state index contributed by atoms with van der Waals surface area (Å²) in [6.07, 6.45) is 1.63. The zero-order chi connectivity index (χ0) is 15.5. The molecule has 0 aliphatic rings. The fraction of sp³-hybridized carbons (Fsp3) is 0.857. The van der Waals surface area contributed by atoms with Gasteiger partial charge in [-0.25, -0.2) is 0 Å². The summed E-state index contributed by atoms with van der Waals surface area (Å²) in [5.74, 6) is -1.26. The number of carbonyl (C=O) groups is 2. The third-order valence-electron chi connectivity index (χ3n) is 2.96. The Balaban J connectivity index is 4.21. The molecule has 0 N–H and O–H groups in total. The topological polar surface area (TPSA) is 66.9 Å². The number of carboxylic acids is 1. The molecule has 0 aromatic rings. The van der Waals surface area contributed by atoms with Crippen molar-refractivity contribution >= 4 is 11.9 Å². The van der Waals surface area contributed by atoms with Gasteiger partial charge in [-0.05, 0) is 60.5 Å². The highest BCUT2D eigenvalue weighted by Gasteiger charge is 2.13. The molecule has 0 saturated carbocycles. The van der Waals surface area contributed by atoms with Crippen molar-refractivity contribution in [2.45, 2.75) is 25.7 Å². The Kier molecular flexibility index (Phi) is 10.0. The predicted octanol–water partition coefficient (Wildman–Crippen LogP) is -0.751. The summed E-state index contributed by atoms with van der Waals surface area (Å²) in [4.78, 5) is 28.4. The lowest BCUT2D eigenvalue weighted by molar-refractivity contribution is -0.305. The minimum absolute atomic E-state index is 0.0340. The fourth-order valence-corrected chi connectivity index (χ4v) is 1.88. The number of aliphatic carboxylic acids is 1. The van der Waals surface area contributed by atoms with E-state index in [0.717, 1.165) is 25.9 Å². The van der Waals surface area contributed by atoms with Gasteiger partial charge in [0.25, 0.3) is 0 Å². The number of rotatable bonds is 11. The van der Waals surface area contributed by atoms with Gasteiger partial charge in [0, 0.05) is 25.5 Å². The van der Waals surface area contributed by atoms with Crippen LogP contribution in [0.3, 0.4) is 0 Å². The summed E-state index contributed by atoms with van der Waals surface area (Å²) < 4.78 is 0. The molecule has 1 amide bonds. The third-order valence-corrected chi connectivity index (χ3v) is 2.96. The van der Waals surface area contributed by atoms with Crippen LogP contribution in [0.25, 0.3) is 0 Å². The van der Waals surface area contributed by atoms with Crippen LogP contribution in [0.5, 0.6) is 0 Å². The Hall–Kier alpha value is -1.14. The molecule has 0 fully saturated rings. The van der Waals surface area contributed by atoms with Crippen molar-refractivity contribution < 1.29 is 14.7 Å². The van der Waals surface area contributed by atoms with Gasteiger partial charge in [-0.2, -0.15) is 0 Å². The van der Waals surface area contributed by atoms with E-state index in [1.807, 2.05) is 28.2 Å². The lowest BCUT2D eigenvalue weighted by atomic mass is 10.2. The summed E-state index contributed by atoms with van der Waals surface area (Å²) in [7, 11) is 7.98. The average molecular weight is 286 g/mol. The van der Waals surface area contributed by atoms with Gasteiger partial charge in [-0.1, -0.05) is 0 Å². The maximum absolute atomic E-state index is 12.0. The van der Waals surface area contributed by atoms with E-state index in [2.05, 4.69) is 9.80 Å². The van der Waals surface area contributed by atoms with Gasteiger partial charge < -0.3 is 24.6 Å². The SMILES string of the molecule is CN(C)CCCN(CCCN(C)C)C(=O)CCC(=O)[O-]. The maximum atomic E-state index is 12.0. The number of hydrogen-bond donors (Lipinski definition) is 0. The minimum atomic E-state index is -1.17. The van der Waals surface area contributed by atoms with Crippen LogP contribution >= 0.6 is 0 Å². The van der Waals surface area contributed by atoms with E-state index in [4.69, 9.17) is 0 Å². The molecular weight excluding hydrogens is 258 g/mol. The molecule has 118 valence electrons. The standard InChI is InChI=1S/C14H29N3O3/c1-15(2)9-5-11-17(12-6-10-16(3)4)13(18)7-8-14(19)20/h5-12H2,1-4H3,(H,19,20)/p-1. The first kappa shape index (κ1) is 18.9. The second kappa shape index (κ2) is 10.6. The van der Waals surface area contributed by atoms with Crippen molar-refractivity contribution in [2.75, 3.05) is 54.4 Å². The first-order valence-electron chi connectivity index (χ1n) is 7.10. The Labute approximate surface area is 122 Å². The molecule has 0 aromatic carbocycles. The van der Waals surface area contributed by atoms with Crippen LogP contribution < -0.4 is 5.11 Å². The summed E-state index contributed by atoms with van der Waals surface area (Å²) in [6.45, 7) is 3.19. The molecule has 6 nitrogen and oxygen atoms in total. The monoisotopic (exact) mass is 286 g/mol. The molecule has 0 bridgehead atoms. The molecule has 0 saturated heterocycles. The lowest BCUT2D eigenvalue weighted by Crippen LogP contribution is -2.36. The second-order valence-electron chi connectivity index (χ2n) is 5.57. The van der Waals surface area contributed by atoms with Crippen molar-refractivity contribution in [3.05, 3.63) is 0 Å². The van der Waals surface area contributed by atoms with Gasteiger partial charge in [0.1, 0.15) is 0 Å². The first-order chi connectivity index (χ1) is 9.32. The zero-order valence-electron chi connectivity index (χ0n) is 13.2. The number of amides is 1. The van der Waals surface area contributed by atoms with E-state index in [9.17, 15) is 14.7 Å². The summed E-state index contributed by atoms with van der Waals surface area (Å²) in [5.41, 5.74) is 0. The third kappa shape index (κ3) is 10.8. The van der Waals surface area contributed by atoms with Crippen molar-refractivity contribution in [2.24, 2.45) is 0 Å². The van der Waals surface area contributed by atoms with Gasteiger partial charge >= 0.3 is 0 Å². The van der Waals surface area contributed by atoms with Crippen LogP contribution in [0.2, 0.25) is 0 Å². The molecule has 6 heteroatoms. The summed E-state index contributed by atoms with van der Waals surface area (Å²) in [5, 5.41) is 10.4. The Bertz CT molecular complexity index is 279. The van der Waals surface area contributed by atoms with Crippen LogP contribution in [-0.2, 0) is 9.59 Å². The smallest absolute Gasteiger partial charge is 0.222 e. The predicted molar refractivity (Wildman–Crippen MR) is 77.2 cm³/mol. The number of carbonyl (C=O) groups excluding carboxylic acids is 2. The van der Waals surface area contributed by atoms with E-state index in [0.29, 0.717) is 13.1 Å². The summed E-state index contributed by atoms with van der Waals surface area (Å²) in [6, 6.07) is 0. The first-order valence-corrected chi connectivity index (χ1v) is 7.10. The molecule has 0 atom stereocenters. The quantitative estimate of drug-likeness (QED) is 0.500.